The molecule has 2 aromatic heterocycles. The summed E-state index contributed by atoms with van der Waals surface area (Å²) in [4.78, 5) is 8.07. The van der Waals surface area contributed by atoms with Gasteiger partial charge in [-0.25, -0.2) is 4.98 Å². The Kier molecular flexibility index (Phi) is 1.96. The monoisotopic (exact) mass is 178 g/mol. The Bertz CT molecular complexity index is 378. The lowest BCUT2D eigenvalue weighted by atomic mass is 10.3. The Hall–Kier alpha value is -1.46. The maximum absolute atomic E-state index is 5.66. The van der Waals surface area contributed by atoms with Gasteiger partial charge in [0.15, 0.2) is 5.58 Å². The van der Waals surface area contributed by atoms with Crippen molar-refractivity contribution >= 4 is 11.1 Å². The predicted molar refractivity (Wildman–Crippen MR) is 47.8 cm³/mol. The minimum atomic E-state index is -0.340. The second-order valence-electron chi connectivity index (χ2n) is 2.74. The Morgan fingerprint density at radius 2 is 2.38 bits per heavy atom. The molecule has 5 heteroatoms. The molecule has 0 aliphatic carbocycles. The second-order valence-corrected chi connectivity index (χ2v) is 2.74. The van der Waals surface area contributed by atoms with Crippen LogP contribution in [0.5, 0.6) is 0 Å². The first-order valence-corrected chi connectivity index (χ1v) is 3.97. The summed E-state index contributed by atoms with van der Waals surface area (Å²) in [5.41, 5.74) is 12.4. The molecule has 0 radical (unpaired) electrons. The molecular weight excluding hydrogens is 168 g/mol. The standard InChI is InChI=1S/C8H10N4O/c9-3-5(10)8-12-6-4-11-2-1-7(6)13-8/h1-2,4-5H,3,9-10H2. The van der Waals surface area contributed by atoms with Crippen LogP contribution in [0.1, 0.15) is 11.9 Å². The number of nitrogens with two attached hydrogens (primary N) is 2. The predicted octanol–water partition coefficient (Wildman–Crippen LogP) is 0.181. The molecular formula is C8H10N4O. The lowest BCUT2D eigenvalue weighted by molar-refractivity contribution is 0.480. The molecule has 2 heterocycles. The molecule has 68 valence electrons. The van der Waals surface area contributed by atoms with Crippen LogP contribution in [0.2, 0.25) is 0 Å². The van der Waals surface area contributed by atoms with E-state index in [1.165, 1.54) is 0 Å². The molecule has 0 fully saturated rings. The highest BCUT2D eigenvalue weighted by atomic mass is 16.3. The number of aromatic nitrogens is 2. The summed E-state index contributed by atoms with van der Waals surface area (Å²) >= 11 is 0. The lowest BCUT2D eigenvalue weighted by Crippen LogP contribution is -2.20. The minimum Gasteiger partial charge on any atom is -0.439 e. The quantitative estimate of drug-likeness (QED) is 0.684. The Morgan fingerprint density at radius 1 is 1.54 bits per heavy atom. The molecule has 0 spiro atoms. The van der Waals surface area contributed by atoms with Crippen LogP contribution in [0.3, 0.4) is 0 Å². The van der Waals surface area contributed by atoms with E-state index in [9.17, 15) is 0 Å². The van der Waals surface area contributed by atoms with E-state index in [0.29, 0.717) is 23.5 Å². The van der Waals surface area contributed by atoms with E-state index in [4.69, 9.17) is 15.9 Å². The number of rotatable bonds is 2. The topological polar surface area (TPSA) is 91.0 Å². The van der Waals surface area contributed by atoms with Gasteiger partial charge in [0.05, 0.1) is 12.2 Å². The molecule has 2 aromatic rings. The van der Waals surface area contributed by atoms with Crippen molar-refractivity contribution in [2.45, 2.75) is 6.04 Å². The van der Waals surface area contributed by atoms with E-state index in [-0.39, 0.29) is 6.04 Å². The number of oxazole rings is 1. The summed E-state index contributed by atoms with van der Waals surface area (Å²) in [5, 5.41) is 0. The van der Waals surface area contributed by atoms with Gasteiger partial charge in [0.1, 0.15) is 5.52 Å². The highest BCUT2D eigenvalue weighted by Crippen LogP contribution is 2.16. The van der Waals surface area contributed by atoms with Crippen molar-refractivity contribution in [3.63, 3.8) is 0 Å². The van der Waals surface area contributed by atoms with Crippen LogP contribution in [0, 0.1) is 0 Å². The van der Waals surface area contributed by atoms with Gasteiger partial charge in [-0.2, -0.15) is 0 Å². The third-order valence-corrected chi connectivity index (χ3v) is 1.78. The first-order valence-electron chi connectivity index (χ1n) is 3.97. The van der Waals surface area contributed by atoms with Crippen LogP contribution in [-0.2, 0) is 0 Å². The number of hydrogen-bond acceptors (Lipinski definition) is 5. The normalized spacial score (nSPS) is 13.4. The van der Waals surface area contributed by atoms with E-state index in [1.54, 1.807) is 18.5 Å². The van der Waals surface area contributed by atoms with Crippen LogP contribution < -0.4 is 11.5 Å². The van der Waals surface area contributed by atoms with E-state index < -0.39 is 0 Å². The fourth-order valence-electron chi connectivity index (χ4n) is 1.06. The molecule has 0 saturated carbocycles. The molecule has 1 unspecified atom stereocenters. The summed E-state index contributed by atoms with van der Waals surface area (Å²) < 4.78 is 5.36. The number of nitrogens with zero attached hydrogens (tertiary/aromatic N) is 2. The van der Waals surface area contributed by atoms with E-state index >= 15 is 0 Å². The van der Waals surface area contributed by atoms with Crippen molar-refractivity contribution in [1.29, 1.82) is 0 Å². The largest absolute Gasteiger partial charge is 0.439 e. The number of hydrogen-bond donors (Lipinski definition) is 2. The first-order chi connectivity index (χ1) is 6.31. The van der Waals surface area contributed by atoms with Crippen molar-refractivity contribution in [2.75, 3.05) is 6.54 Å². The Balaban J connectivity index is 2.49. The van der Waals surface area contributed by atoms with Crippen molar-refractivity contribution < 1.29 is 4.42 Å². The van der Waals surface area contributed by atoms with Gasteiger partial charge in [0.25, 0.3) is 0 Å². The smallest absolute Gasteiger partial charge is 0.213 e. The molecule has 0 amide bonds. The minimum absolute atomic E-state index is 0.320. The average Bonchev–Trinajstić information content (AvgIpc) is 2.59. The van der Waals surface area contributed by atoms with Gasteiger partial charge in [0, 0.05) is 18.8 Å². The third kappa shape index (κ3) is 1.39. The maximum Gasteiger partial charge on any atom is 0.213 e. The molecule has 2 rings (SSSR count). The van der Waals surface area contributed by atoms with Crippen LogP contribution in [-0.4, -0.2) is 16.5 Å². The van der Waals surface area contributed by atoms with Crippen molar-refractivity contribution in [1.82, 2.24) is 9.97 Å². The van der Waals surface area contributed by atoms with Crippen LogP contribution in [0.4, 0.5) is 0 Å². The van der Waals surface area contributed by atoms with Crippen molar-refractivity contribution in [3.8, 4) is 0 Å². The summed E-state index contributed by atoms with van der Waals surface area (Å²) in [6.45, 7) is 0.320. The van der Waals surface area contributed by atoms with Crippen LogP contribution >= 0.6 is 0 Å². The molecule has 0 aromatic carbocycles. The van der Waals surface area contributed by atoms with E-state index in [0.717, 1.165) is 0 Å². The Labute approximate surface area is 74.8 Å². The van der Waals surface area contributed by atoms with Crippen molar-refractivity contribution in [2.24, 2.45) is 11.5 Å². The van der Waals surface area contributed by atoms with E-state index in [1.807, 2.05) is 0 Å². The van der Waals surface area contributed by atoms with Crippen LogP contribution in [0.15, 0.2) is 22.9 Å². The highest BCUT2D eigenvalue weighted by molar-refractivity contribution is 5.70. The molecule has 4 N–H and O–H groups in total. The molecule has 0 aliphatic heterocycles. The first kappa shape index (κ1) is 8.15. The fraction of sp³-hybridized carbons (Fsp3) is 0.250. The summed E-state index contributed by atoms with van der Waals surface area (Å²) in [7, 11) is 0. The molecule has 13 heavy (non-hydrogen) atoms. The molecule has 5 nitrogen and oxygen atoms in total. The molecule has 0 bridgehead atoms. The van der Waals surface area contributed by atoms with Gasteiger partial charge in [-0.05, 0) is 0 Å². The second kappa shape index (κ2) is 3.12. The van der Waals surface area contributed by atoms with Gasteiger partial charge in [-0.1, -0.05) is 0 Å². The highest BCUT2D eigenvalue weighted by Gasteiger charge is 2.11. The van der Waals surface area contributed by atoms with E-state index in [2.05, 4.69) is 9.97 Å². The summed E-state index contributed by atoms with van der Waals surface area (Å²) in [5.74, 6) is 0.463. The summed E-state index contributed by atoms with van der Waals surface area (Å²) in [6.07, 6.45) is 3.27. The molecule has 0 aliphatic rings. The van der Waals surface area contributed by atoms with Gasteiger partial charge in [-0.15, -0.1) is 0 Å². The van der Waals surface area contributed by atoms with Gasteiger partial charge in [0.2, 0.25) is 5.89 Å². The maximum atomic E-state index is 5.66. The zero-order valence-electron chi connectivity index (χ0n) is 6.97. The van der Waals surface area contributed by atoms with Gasteiger partial charge >= 0.3 is 0 Å². The Morgan fingerprint density at radius 3 is 3.08 bits per heavy atom. The third-order valence-electron chi connectivity index (χ3n) is 1.78. The van der Waals surface area contributed by atoms with Gasteiger partial charge < -0.3 is 15.9 Å². The average molecular weight is 178 g/mol. The lowest BCUT2D eigenvalue weighted by Gasteiger charge is -2.00. The SMILES string of the molecule is NCC(N)c1nc2cnccc2o1. The molecule has 1 atom stereocenters. The summed E-state index contributed by atoms with van der Waals surface area (Å²) in [6, 6.07) is 1.40. The number of fused-ring (bicyclic) bond motifs is 1. The van der Waals surface area contributed by atoms with Gasteiger partial charge in [-0.3, -0.25) is 4.98 Å². The van der Waals surface area contributed by atoms with Crippen molar-refractivity contribution in [3.05, 3.63) is 24.4 Å². The zero-order chi connectivity index (χ0) is 9.26. The zero-order valence-corrected chi connectivity index (χ0v) is 6.97. The number of pyridine rings is 1. The fourth-order valence-corrected chi connectivity index (χ4v) is 1.06. The molecule has 0 saturated heterocycles. The van der Waals surface area contributed by atoms with Crippen LogP contribution in [0.25, 0.3) is 11.1 Å².